The highest BCUT2D eigenvalue weighted by Crippen LogP contribution is 2.64. The Labute approximate surface area is 287 Å². The number of Topliss-reactive ketones (excluding diaryl/α,β-unsaturated/α-hetero) is 1. The summed E-state index contributed by atoms with van der Waals surface area (Å²) in [6.45, 7) is 5.79. The molecule has 2 aliphatic heterocycles. The van der Waals surface area contributed by atoms with Crippen molar-refractivity contribution in [3.05, 3.63) is 41.6 Å². The minimum absolute atomic E-state index is 0.0438. The first-order valence-electron chi connectivity index (χ1n) is 17.1. The normalized spacial score (nSPS) is 25.1. The van der Waals surface area contributed by atoms with Crippen LogP contribution in [-0.2, 0) is 32.1 Å². The van der Waals surface area contributed by atoms with Crippen molar-refractivity contribution >= 4 is 34.4 Å². The van der Waals surface area contributed by atoms with Crippen molar-refractivity contribution < 1.29 is 37.1 Å². The lowest BCUT2D eigenvalue weighted by atomic mass is 9.95. The molecule has 2 aromatic heterocycles. The number of aromatic nitrogens is 4. The monoisotopic (exact) mass is 697 g/mol. The Kier molecular flexibility index (Phi) is 9.72. The second-order valence-corrected chi connectivity index (χ2v) is 14.0. The number of piperidine rings is 1. The van der Waals surface area contributed by atoms with Gasteiger partial charge < -0.3 is 15.5 Å². The molecule has 3 aromatic rings. The molecule has 15 heteroatoms. The number of amides is 3. The van der Waals surface area contributed by atoms with Gasteiger partial charge in [-0.2, -0.15) is 5.10 Å². The maximum Gasteiger partial charge on any atom is 0.522 e. The zero-order valence-electron chi connectivity index (χ0n) is 28.6. The summed E-state index contributed by atoms with van der Waals surface area (Å²) in [5.41, 5.74) is 2.75. The number of carbonyl (C=O) groups excluding carboxylic acids is 4. The van der Waals surface area contributed by atoms with Crippen LogP contribution in [0, 0.1) is 18.3 Å². The van der Waals surface area contributed by atoms with Gasteiger partial charge in [0.05, 0.1) is 12.1 Å². The van der Waals surface area contributed by atoms with Gasteiger partial charge in [0, 0.05) is 60.7 Å². The highest BCUT2D eigenvalue weighted by molar-refractivity contribution is 6.07. The maximum atomic E-state index is 14.4. The summed E-state index contributed by atoms with van der Waals surface area (Å²) in [6.07, 6.45) is 3.00. The van der Waals surface area contributed by atoms with Crippen molar-refractivity contribution in [3.63, 3.8) is 0 Å². The molecule has 6 rings (SSSR count). The van der Waals surface area contributed by atoms with E-state index in [-0.39, 0.29) is 48.9 Å². The van der Waals surface area contributed by atoms with Crippen LogP contribution in [0.25, 0.3) is 22.0 Å². The summed E-state index contributed by atoms with van der Waals surface area (Å²) in [5, 5.41) is 10.9. The van der Waals surface area contributed by atoms with Crippen LogP contribution in [0.4, 0.5) is 13.2 Å². The standard InChI is InChI=1S/C35H42F3N7O5/c1-19(17-50-35(36,37)38)42-33(49)27-13-34-18-41-28(47)10-8-6-5-7-9-23-11-24(25-14-39-22(4)40-15-25)12-26-30(21(3)46)43-44(31(23)26)16-29(48)45(27)32(34)20(34)2/h11-12,14-15,19-20,27,32H,5-10,13,16-18H2,1-4H3,(H,41,47)(H,42,49)/t19-,20-,27-,32+,34+/m0/s1. The molecule has 3 aliphatic rings. The van der Waals surface area contributed by atoms with E-state index in [1.807, 2.05) is 19.1 Å². The van der Waals surface area contributed by atoms with E-state index in [9.17, 15) is 32.3 Å². The number of carbonyl (C=O) groups is 4. The van der Waals surface area contributed by atoms with Crippen molar-refractivity contribution in [2.24, 2.45) is 11.3 Å². The number of ketones is 1. The summed E-state index contributed by atoms with van der Waals surface area (Å²) < 4.78 is 43.5. The van der Waals surface area contributed by atoms with E-state index < -0.39 is 42.3 Å². The average molecular weight is 698 g/mol. The highest BCUT2D eigenvalue weighted by atomic mass is 19.4. The number of nitrogens with zero attached hydrogens (tertiary/aromatic N) is 5. The van der Waals surface area contributed by atoms with Crippen molar-refractivity contribution in [1.29, 1.82) is 0 Å². The molecule has 0 unspecified atom stereocenters. The Hall–Kier alpha value is -4.40. The predicted octanol–water partition coefficient (Wildman–Crippen LogP) is 4.27. The zero-order chi connectivity index (χ0) is 36.0. The van der Waals surface area contributed by atoms with E-state index in [1.165, 1.54) is 18.7 Å². The van der Waals surface area contributed by atoms with Gasteiger partial charge in [-0.25, -0.2) is 9.97 Å². The first-order valence-corrected chi connectivity index (χ1v) is 17.1. The molecule has 2 N–H and O–H groups in total. The molecule has 1 aliphatic carbocycles. The second kappa shape index (κ2) is 13.7. The Balaban J connectivity index is 1.39. The molecule has 12 nitrogen and oxygen atoms in total. The van der Waals surface area contributed by atoms with Gasteiger partial charge in [0.25, 0.3) is 0 Å². The van der Waals surface area contributed by atoms with Crippen LogP contribution in [0.5, 0.6) is 0 Å². The van der Waals surface area contributed by atoms with Crippen LogP contribution >= 0.6 is 0 Å². The Morgan fingerprint density at radius 3 is 2.48 bits per heavy atom. The minimum Gasteiger partial charge on any atom is -0.355 e. The fourth-order valence-electron chi connectivity index (χ4n) is 7.83. The van der Waals surface area contributed by atoms with Gasteiger partial charge in [0.1, 0.15) is 24.1 Å². The van der Waals surface area contributed by atoms with Gasteiger partial charge >= 0.3 is 6.36 Å². The Morgan fingerprint density at radius 1 is 1.10 bits per heavy atom. The maximum absolute atomic E-state index is 14.4. The van der Waals surface area contributed by atoms with E-state index in [1.54, 1.807) is 24.0 Å². The van der Waals surface area contributed by atoms with Crippen molar-refractivity contribution in [1.82, 2.24) is 35.3 Å². The van der Waals surface area contributed by atoms with Gasteiger partial charge in [-0.15, -0.1) is 13.2 Å². The molecule has 3 amide bonds. The van der Waals surface area contributed by atoms with Gasteiger partial charge in [0.15, 0.2) is 5.78 Å². The molecule has 0 spiro atoms. The number of hydrogen-bond donors (Lipinski definition) is 2. The lowest BCUT2D eigenvalue weighted by Crippen LogP contribution is -2.52. The SMILES string of the molecule is CC(=O)c1nn2c3c(cc(-c4cnc(C)nc4)cc13)CCCCCCC(=O)NC[C@@]13C[C@@H](C(=O)N[C@@H](C)COC(F)(F)F)N(C(=O)C2)[C@@H]1[C@@H]3C. The van der Waals surface area contributed by atoms with Crippen LogP contribution < -0.4 is 10.6 Å². The summed E-state index contributed by atoms with van der Waals surface area (Å²) in [5.74, 6) is -0.815. The average Bonchev–Trinajstić information content (AvgIpc) is 3.32. The van der Waals surface area contributed by atoms with Crippen molar-refractivity contribution in [3.8, 4) is 11.1 Å². The quantitative estimate of drug-likeness (QED) is 0.363. The lowest BCUT2D eigenvalue weighted by Gasteiger charge is -2.29. The van der Waals surface area contributed by atoms with E-state index in [2.05, 4.69) is 30.4 Å². The number of halogens is 3. The number of rotatable bonds is 6. The lowest BCUT2D eigenvalue weighted by molar-refractivity contribution is -0.326. The Bertz CT molecular complexity index is 1810. The first-order chi connectivity index (χ1) is 23.7. The minimum atomic E-state index is -4.85. The summed E-state index contributed by atoms with van der Waals surface area (Å²) in [4.78, 5) is 64.0. The number of benzene rings is 1. The molecular formula is C35H42F3N7O5. The van der Waals surface area contributed by atoms with E-state index >= 15 is 0 Å². The van der Waals surface area contributed by atoms with Crippen molar-refractivity contribution in [2.75, 3.05) is 13.2 Å². The highest BCUT2D eigenvalue weighted by Gasteiger charge is 2.72. The van der Waals surface area contributed by atoms with Crippen LogP contribution in [0.2, 0.25) is 0 Å². The topological polar surface area (TPSA) is 148 Å². The molecule has 1 saturated heterocycles. The van der Waals surface area contributed by atoms with E-state index in [0.29, 0.717) is 36.0 Å². The third-order valence-electron chi connectivity index (χ3n) is 10.4. The van der Waals surface area contributed by atoms with Gasteiger partial charge in [-0.3, -0.25) is 28.6 Å². The summed E-state index contributed by atoms with van der Waals surface area (Å²) in [6, 6.07) is 1.51. The number of aryl methyl sites for hydroxylation is 2. The predicted molar refractivity (Wildman–Crippen MR) is 176 cm³/mol. The molecule has 2 fully saturated rings. The molecule has 4 heterocycles. The fourth-order valence-corrected chi connectivity index (χ4v) is 7.83. The molecular weight excluding hydrogens is 655 g/mol. The molecule has 5 atom stereocenters. The molecule has 1 saturated carbocycles. The molecule has 50 heavy (non-hydrogen) atoms. The van der Waals surface area contributed by atoms with Crippen molar-refractivity contribution in [2.45, 2.75) is 104 Å². The van der Waals surface area contributed by atoms with Gasteiger partial charge in [0.2, 0.25) is 17.7 Å². The molecule has 1 aromatic carbocycles. The Morgan fingerprint density at radius 2 is 1.80 bits per heavy atom. The summed E-state index contributed by atoms with van der Waals surface area (Å²) in [7, 11) is 0. The molecule has 0 radical (unpaired) electrons. The largest absolute Gasteiger partial charge is 0.522 e. The van der Waals surface area contributed by atoms with Crippen LogP contribution in [0.1, 0.15) is 81.2 Å². The number of alkyl halides is 3. The zero-order valence-corrected chi connectivity index (χ0v) is 28.6. The third-order valence-corrected chi connectivity index (χ3v) is 10.4. The number of hydrogen-bond acceptors (Lipinski definition) is 8. The van der Waals surface area contributed by atoms with Gasteiger partial charge in [-0.05, 0) is 68.7 Å². The number of ether oxygens (including phenoxy) is 1. The van der Waals surface area contributed by atoms with Crippen LogP contribution in [0.3, 0.4) is 0 Å². The third kappa shape index (κ3) is 7.10. The van der Waals surface area contributed by atoms with E-state index in [4.69, 9.17) is 0 Å². The smallest absolute Gasteiger partial charge is 0.355 e. The van der Waals surface area contributed by atoms with E-state index in [0.717, 1.165) is 36.0 Å². The number of nitrogens with one attached hydrogen (secondary N) is 2. The van der Waals surface area contributed by atoms with Crippen LogP contribution in [-0.4, -0.2) is 85.8 Å². The van der Waals surface area contributed by atoms with Crippen LogP contribution in [0.15, 0.2) is 24.5 Å². The van der Waals surface area contributed by atoms with Gasteiger partial charge in [-0.1, -0.05) is 19.8 Å². The second-order valence-electron chi connectivity index (χ2n) is 14.0. The first kappa shape index (κ1) is 35.4. The molecule has 2 bridgehead atoms. The fraction of sp³-hybridized carbons (Fsp3) is 0.571. The summed E-state index contributed by atoms with van der Waals surface area (Å²) >= 11 is 0. The molecule has 268 valence electrons.